The van der Waals surface area contributed by atoms with Crippen molar-refractivity contribution >= 4 is 0 Å². The monoisotopic (exact) mass is 528 g/mol. The summed E-state index contributed by atoms with van der Waals surface area (Å²) in [6, 6.07) is 12.6. The highest BCUT2D eigenvalue weighted by Crippen LogP contribution is 2.36. The van der Waals surface area contributed by atoms with Crippen LogP contribution in [0.3, 0.4) is 0 Å². The van der Waals surface area contributed by atoms with E-state index in [1.165, 1.54) is 11.4 Å². The van der Waals surface area contributed by atoms with Gasteiger partial charge in [-0.1, -0.05) is 55.4 Å². The highest BCUT2D eigenvalue weighted by Gasteiger charge is 2.29. The van der Waals surface area contributed by atoms with Crippen molar-refractivity contribution in [1.82, 2.24) is 29.5 Å². The van der Waals surface area contributed by atoms with Gasteiger partial charge in [-0.15, -0.1) is 0 Å². The molecule has 0 bridgehead atoms. The lowest BCUT2D eigenvalue weighted by molar-refractivity contribution is 0.397. The second-order valence-electron chi connectivity index (χ2n) is 12.7. The molecule has 0 aliphatic carbocycles. The van der Waals surface area contributed by atoms with Crippen molar-refractivity contribution in [3.8, 4) is 17.3 Å². The maximum atomic E-state index is 5.27. The summed E-state index contributed by atoms with van der Waals surface area (Å²) in [5, 5.41) is 10.1. The van der Waals surface area contributed by atoms with Gasteiger partial charge < -0.3 is 4.74 Å². The van der Waals surface area contributed by atoms with Crippen LogP contribution in [0.25, 0.3) is 11.4 Å². The van der Waals surface area contributed by atoms with Crippen molar-refractivity contribution in [1.29, 1.82) is 0 Å². The Kier molecular flexibility index (Phi) is 8.01. The molecular weight excluding hydrogens is 484 g/mol. The maximum absolute atomic E-state index is 5.27. The maximum Gasteiger partial charge on any atom is 0.213 e. The molecule has 0 radical (unpaired) electrons. The van der Waals surface area contributed by atoms with Crippen LogP contribution in [0.4, 0.5) is 0 Å². The van der Waals surface area contributed by atoms with Crippen LogP contribution in [0, 0.1) is 6.92 Å². The number of hydrogen-bond acceptors (Lipinski definition) is 5. The first-order valence-corrected chi connectivity index (χ1v) is 13.9. The fraction of sp³-hybridized carbons (Fsp3) is 0.500. The fourth-order valence-electron chi connectivity index (χ4n) is 4.72. The summed E-state index contributed by atoms with van der Waals surface area (Å²) in [6.45, 7) is 20.0. The van der Waals surface area contributed by atoms with E-state index >= 15 is 0 Å². The van der Waals surface area contributed by atoms with Crippen molar-refractivity contribution in [2.75, 3.05) is 7.11 Å². The fourth-order valence-corrected chi connectivity index (χ4v) is 4.72. The molecule has 4 aromatic rings. The lowest BCUT2D eigenvalue weighted by Crippen LogP contribution is -2.19. The van der Waals surface area contributed by atoms with Crippen molar-refractivity contribution in [3.63, 3.8) is 0 Å². The van der Waals surface area contributed by atoms with Gasteiger partial charge in [0.2, 0.25) is 5.88 Å². The molecule has 208 valence electrons. The number of hydrogen-bond donors (Lipinski definition) is 0. The van der Waals surface area contributed by atoms with Gasteiger partial charge in [-0.2, -0.15) is 10.2 Å². The Hall–Kier alpha value is -3.48. The van der Waals surface area contributed by atoms with E-state index in [0.717, 1.165) is 41.3 Å². The third kappa shape index (κ3) is 6.23. The second kappa shape index (κ2) is 10.9. The molecule has 4 heterocycles. The number of aromatic nitrogens is 6. The third-order valence-electron chi connectivity index (χ3n) is 7.55. The largest absolute Gasteiger partial charge is 0.481 e. The smallest absolute Gasteiger partial charge is 0.213 e. The van der Waals surface area contributed by atoms with Gasteiger partial charge >= 0.3 is 0 Å². The molecule has 39 heavy (non-hydrogen) atoms. The van der Waals surface area contributed by atoms with E-state index in [0.29, 0.717) is 17.7 Å². The van der Waals surface area contributed by atoms with E-state index in [2.05, 4.69) is 92.9 Å². The predicted molar refractivity (Wildman–Crippen MR) is 157 cm³/mol. The molecule has 1 unspecified atom stereocenters. The van der Waals surface area contributed by atoms with Gasteiger partial charge in [0.15, 0.2) is 0 Å². The van der Waals surface area contributed by atoms with Gasteiger partial charge in [0.05, 0.1) is 42.3 Å². The van der Waals surface area contributed by atoms with Crippen molar-refractivity contribution < 1.29 is 4.74 Å². The van der Waals surface area contributed by atoms with E-state index in [1.54, 1.807) is 7.11 Å². The molecule has 0 aliphatic rings. The minimum atomic E-state index is -0.0966. The SMILES string of the molecule is COc1ccc(-n2nc(C(C)(C)C)cc2C(C)CCC(C)(C)c2cc(C(C)C)n(-c3ccc(C)nc3)n2)cn1. The van der Waals surface area contributed by atoms with Crippen molar-refractivity contribution in [3.05, 3.63) is 77.3 Å². The molecule has 0 fully saturated rings. The Labute approximate surface area is 233 Å². The summed E-state index contributed by atoms with van der Waals surface area (Å²) in [7, 11) is 1.63. The molecule has 0 saturated carbocycles. The summed E-state index contributed by atoms with van der Waals surface area (Å²) in [6.07, 6.45) is 5.74. The standard InChI is InChI=1S/C32H44N6O/c1-21(2)26-17-29(36-37(26)24-12-11-23(4)33-19-24)32(8,9)16-15-22(3)27-18-28(31(5,6)7)35-38(27)25-13-14-30(39-10)34-20-25/h11-14,17-22H,15-16H2,1-10H3. The number of nitrogens with zero attached hydrogens (tertiary/aromatic N) is 6. The third-order valence-corrected chi connectivity index (χ3v) is 7.55. The van der Waals surface area contributed by atoms with Crippen LogP contribution in [-0.2, 0) is 10.8 Å². The Morgan fingerprint density at radius 2 is 1.38 bits per heavy atom. The Balaban J connectivity index is 1.61. The number of methoxy groups -OCH3 is 1. The first-order chi connectivity index (χ1) is 18.3. The summed E-state index contributed by atoms with van der Waals surface area (Å²) < 4.78 is 9.39. The van der Waals surface area contributed by atoms with Crippen LogP contribution in [-0.4, -0.2) is 36.6 Å². The molecule has 0 aliphatic heterocycles. The molecular formula is C32H44N6O. The molecule has 7 nitrogen and oxygen atoms in total. The van der Waals surface area contributed by atoms with E-state index in [4.69, 9.17) is 14.9 Å². The first-order valence-electron chi connectivity index (χ1n) is 13.9. The Bertz CT molecular complexity index is 1390. The van der Waals surface area contributed by atoms with Gasteiger partial charge in [-0.25, -0.2) is 14.3 Å². The second-order valence-corrected chi connectivity index (χ2v) is 12.7. The van der Waals surface area contributed by atoms with Gasteiger partial charge in [0.1, 0.15) is 0 Å². The molecule has 1 atom stereocenters. The zero-order chi connectivity index (χ0) is 28.5. The summed E-state index contributed by atoms with van der Waals surface area (Å²) in [4.78, 5) is 8.93. The minimum Gasteiger partial charge on any atom is -0.481 e. The van der Waals surface area contributed by atoms with Crippen LogP contribution < -0.4 is 4.74 Å². The minimum absolute atomic E-state index is 0.0518. The van der Waals surface area contributed by atoms with E-state index in [1.807, 2.05) is 37.5 Å². The van der Waals surface area contributed by atoms with Gasteiger partial charge in [0, 0.05) is 34.0 Å². The van der Waals surface area contributed by atoms with Crippen LogP contribution in [0.1, 0.15) is 109 Å². The Morgan fingerprint density at radius 1 is 0.795 bits per heavy atom. The normalized spacial score (nSPS) is 13.2. The summed E-state index contributed by atoms with van der Waals surface area (Å²) >= 11 is 0. The van der Waals surface area contributed by atoms with E-state index < -0.39 is 0 Å². The molecule has 0 spiro atoms. The Morgan fingerprint density at radius 3 is 1.92 bits per heavy atom. The highest BCUT2D eigenvalue weighted by atomic mass is 16.5. The number of aryl methyl sites for hydroxylation is 1. The molecule has 0 aromatic carbocycles. The first kappa shape index (κ1) is 28.5. The van der Waals surface area contributed by atoms with Crippen molar-refractivity contribution in [2.45, 2.75) is 97.8 Å². The van der Waals surface area contributed by atoms with Crippen LogP contribution in [0.2, 0.25) is 0 Å². The highest BCUT2D eigenvalue weighted by molar-refractivity contribution is 5.36. The number of pyridine rings is 2. The predicted octanol–water partition coefficient (Wildman–Crippen LogP) is 7.45. The van der Waals surface area contributed by atoms with E-state index in [9.17, 15) is 0 Å². The molecule has 0 saturated heterocycles. The summed E-state index contributed by atoms with van der Waals surface area (Å²) in [5.41, 5.74) is 7.40. The van der Waals surface area contributed by atoms with Gasteiger partial charge in [-0.05, 0) is 61.9 Å². The van der Waals surface area contributed by atoms with Gasteiger partial charge in [-0.3, -0.25) is 4.98 Å². The lowest BCUT2D eigenvalue weighted by atomic mass is 9.81. The average molecular weight is 529 g/mol. The van der Waals surface area contributed by atoms with Gasteiger partial charge in [0.25, 0.3) is 0 Å². The van der Waals surface area contributed by atoms with Crippen LogP contribution in [0.5, 0.6) is 5.88 Å². The van der Waals surface area contributed by atoms with Crippen LogP contribution >= 0.6 is 0 Å². The van der Waals surface area contributed by atoms with E-state index in [-0.39, 0.29) is 10.8 Å². The number of rotatable bonds is 9. The summed E-state index contributed by atoms with van der Waals surface area (Å²) in [5.74, 6) is 1.24. The zero-order valence-corrected chi connectivity index (χ0v) is 25.3. The van der Waals surface area contributed by atoms with Crippen LogP contribution in [0.15, 0.2) is 48.8 Å². The molecule has 4 rings (SSSR count). The molecule has 7 heteroatoms. The topological polar surface area (TPSA) is 70.7 Å². The molecule has 4 aromatic heterocycles. The molecule has 0 amide bonds. The number of ether oxygens (including phenoxy) is 1. The quantitative estimate of drug-likeness (QED) is 0.226. The zero-order valence-electron chi connectivity index (χ0n) is 25.3. The average Bonchev–Trinajstić information content (AvgIpc) is 3.54. The molecule has 0 N–H and O–H groups in total. The lowest BCUT2D eigenvalue weighted by Gasteiger charge is -2.24. The van der Waals surface area contributed by atoms with Crippen molar-refractivity contribution in [2.24, 2.45) is 0 Å².